The maximum absolute atomic E-state index is 12.6. The minimum Gasteiger partial charge on any atom is -0.441 e. The van der Waals surface area contributed by atoms with Gasteiger partial charge in [-0.05, 0) is 36.6 Å². The van der Waals surface area contributed by atoms with Crippen LogP contribution in [0.25, 0.3) is 0 Å². The summed E-state index contributed by atoms with van der Waals surface area (Å²) in [5, 5.41) is 9.46. The molecule has 3 atom stereocenters. The van der Waals surface area contributed by atoms with Crippen LogP contribution in [-0.2, 0) is 4.74 Å². The van der Waals surface area contributed by atoms with E-state index in [4.69, 9.17) is 4.74 Å². The maximum atomic E-state index is 12.6. The van der Waals surface area contributed by atoms with Crippen molar-refractivity contribution in [2.24, 2.45) is 5.92 Å². The van der Waals surface area contributed by atoms with Gasteiger partial charge in [0.2, 0.25) is 0 Å². The molecule has 1 heterocycles. The molecule has 0 bridgehead atoms. The Bertz CT molecular complexity index is 705. The highest BCUT2D eigenvalue weighted by Gasteiger charge is 2.38. The van der Waals surface area contributed by atoms with E-state index in [9.17, 15) is 9.90 Å². The lowest BCUT2D eigenvalue weighted by Gasteiger charge is -2.41. The van der Waals surface area contributed by atoms with Gasteiger partial charge in [-0.3, -0.25) is 0 Å². The molecule has 5 heteroatoms. The van der Waals surface area contributed by atoms with E-state index in [1.165, 1.54) is 0 Å². The van der Waals surface area contributed by atoms with Gasteiger partial charge in [0.25, 0.3) is 0 Å². The summed E-state index contributed by atoms with van der Waals surface area (Å²) in [5.41, 5.74) is 2.03. The van der Waals surface area contributed by atoms with Gasteiger partial charge < -0.3 is 14.7 Å². The zero-order valence-corrected chi connectivity index (χ0v) is 15.7. The second kappa shape index (κ2) is 8.02. The first-order chi connectivity index (χ1) is 12.1. The molecule has 1 N–H and O–H groups in total. The lowest BCUT2D eigenvalue weighted by molar-refractivity contribution is -0.0307. The van der Waals surface area contributed by atoms with Crippen LogP contribution in [0.3, 0.4) is 0 Å². The van der Waals surface area contributed by atoms with Gasteiger partial charge in [0.15, 0.2) is 0 Å². The molecule has 25 heavy (non-hydrogen) atoms. The second-order valence-corrected chi connectivity index (χ2v) is 7.28. The number of nitrogens with zero attached hydrogens (tertiary/aromatic N) is 1. The average molecular weight is 404 g/mol. The maximum Gasteiger partial charge on any atom is 0.410 e. The Labute approximate surface area is 156 Å². The first-order valence-corrected chi connectivity index (χ1v) is 9.28. The zero-order chi connectivity index (χ0) is 17.8. The highest BCUT2D eigenvalue weighted by Crippen LogP contribution is 2.37. The summed E-state index contributed by atoms with van der Waals surface area (Å²) in [6, 6.07) is 17.6. The fourth-order valence-electron chi connectivity index (χ4n) is 3.32. The molecule has 0 aliphatic carbocycles. The third-order valence-electron chi connectivity index (χ3n) is 4.77. The Morgan fingerprint density at radius 1 is 1.20 bits per heavy atom. The van der Waals surface area contributed by atoms with Crippen LogP contribution in [-0.4, -0.2) is 29.3 Å². The molecule has 0 spiro atoms. The molecule has 0 saturated carbocycles. The summed E-state index contributed by atoms with van der Waals surface area (Å²) >= 11 is 3.43. The highest BCUT2D eigenvalue weighted by molar-refractivity contribution is 9.10. The largest absolute Gasteiger partial charge is 0.441 e. The molecule has 1 saturated heterocycles. The normalized spacial score (nSPS) is 21.7. The fraction of sp³-hybridized carbons (Fsp3) is 0.350. The van der Waals surface area contributed by atoms with Crippen molar-refractivity contribution in [2.75, 3.05) is 13.2 Å². The van der Waals surface area contributed by atoms with Crippen LogP contribution in [0.1, 0.15) is 36.6 Å². The van der Waals surface area contributed by atoms with Crippen LogP contribution in [0.5, 0.6) is 0 Å². The van der Waals surface area contributed by atoms with Crippen molar-refractivity contribution in [3.63, 3.8) is 0 Å². The van der Waals surface area contributed by atoms with E-state index in [-0.39, 0.29) is 30.8 Å². The SMILES string of the molecule is C[C@@H](c1ccc(Br)cc1)N1C[C@@H](CCO)[C@H](c2ccccc2)OC1=O. The summed E-state index contributed by atoms with van der Waals surface area (Å²) in [7, 11) is 0. The molecule has 2 aromatic rings. The number of hydrogen-bond acceptors (Lipinski definition) is 3. The van der Waals surface area contributed by atoms with Crippen LogP contribution in [0.15, 0.2) is 59.1 Å². The van der Waals surface area contributed by atoms with E-state index < -0.39 is 0 Å². The first-order valence-electron chi connectivity index (χ1n) is 8.48. The van der Waals surface area contributed by atoms with Gasteiger partial charge >= 0.3 is 6.09 Å². The van der Waals surface area contributed by atoms with Gasteiger partial charge in [-0.1, -0.05) is 58.4 Å². The topological polar surface area (TPSA) is 49.8 Å². The number of benzene rings is 2. The van der Waals surface area contributed by atoms with E-state index in [1.807, 2.05) is 61.5 Å². The number of halogens is 1. The summed E-state index contributed by atoms with van der Waals surface area (Å²) in [6.07, 6.45) is -0.0242. The molecule has 1 amide bonds. The van der Waals surface area contributed by atoms with Crippen LogP contribution < -0.4 is 0 Å². The quantitative estimate of drug-likeness (QED) is 0.786. The molecule has 132 valence electrons. The molecule has 4 nitrogen and oxygen atoms in total. The van der Waals surface area contributed by atoms with Crippen molar-refractivity contribution in [2.45, 2.75) is 25.5 Å². The predicted octanol–water partition coefficient (Wildman–Crippen LogP) is 4.70. The second-order valence-electron chi connectivity index (χ2n) is 6.37. The van der Waals surface area contributed by atoms with Crippen LogP contribution in [0.4, 0.5) is 4.79 Å². The Kier molecular flexibility index (Phi) is 5.76. The van der Waals surface area contributed by atoms with Gasteiger partial charge in [0, 0.05) is 23.5 Å². The van der Waals surface area contributed by atoms with Crippen LogP contribution in [0, 0.1) is 5.92 Å². The zero-order valence-electron chi connectivity index (χ0n) is 14.1. The highest BCUT2D eigenvalue weighted by atomic mass is 79.9. The molecule has 1 aliphatic heterocycles. The number of hydrogen-bond donors (Lipinski definition) is 1. The number of carbonyl (C=O) groups is 1. The van der Waals surface area contributed by atoms with E-state index in [0.29, 0.717) is 13.0 Å². The van der Waals surface area contributed by atoms with E-state index in [0.717, 1.165) is 15.6 Å². The lowest BCUT2D eigenvalue weighted by atomic mass is 9.90. The summed E-state index contributed by atoms with van der Waals surface area (Å²) in [4.78, 5) is 14.4. The van der Waals surface area contributed by atoms with Crippen molar-refractivity contribution in [3.8, 4) is 0 Å². The molecule has 2 aromatic carbocycles. The summed E-state index contributed by atoms with van der Waals surface area (Å²) in [6.45, 7) is 2.64. The predicted molar refractivity (Wildman–Crippen MR) is 100 cm³/mol. The van der Waals surface area contributed by atoms with Crippen LogP contribution in [0.2, 0.25) is 0 Å². The van der Waals surface area contributed by atoms with Gasteiger partial charge in [0.1, 0.15) is 6.10 Å². The fourth-order valence-corrected chi connectivity index (χ4v) is 3.59. The number of rotatable bonds is 5. The number of cyclic esters (lactones) is 1. The van der Waals surface area contributed by atoms with Gasteiger partial charge in [-0.25, -0.2) is 4.79 Å². The minimum atomic E-state index is -0.311. The van der Waals surface area contributed by atoms with Gasteiger partial charge in [0.05, 0.1) is 6.04 Å². The molecular weight excluding hydrogens is 382 g/mol. The molecule has 0 aromatic heterocycles. The van der Waals surface area contributed by atoms with Crippen molar-refractivity contribution in [3.05, 3.63) is 70.2 Å². The monoisotopic (exact) mass is 403 g/mol. The molecule has 0 unspecified atom stereocenters. The summed E-state index contributed by atoms with van der Waals surface area (Å²) in [5.74, 6) is 0.0583. The third-order valence-corrected chi connectivity index (χ3v) is 5.30. The van der Waals surface area contributed by atoms with E-state index in [2.05, 4.69) is 15.9 Å². The number of aliphatic hydroxyl groups excluding tert-OH is 1. The smallest absolute Gasteiger partial charge is 0.410 e. The minimum absolute atomic E-state index is 0.0583. The van der Waals surface area contributed by atoms with Crippen molar-refractivity contribution in [1.29, 1.82) is 0 Å². The lowest BCUT2D eigenvalue weighted by Crippen LogP contribution is -2.46. The Hall–Kier alpha value is -1.85. The first kappa shape index (κ1) is 18.0. The van der Waals surface area contributed by atoms with E-state index >= 15 is 0 Å². The third kappa shape index (κ3) is 4.05. The average Bonchev–Trinajstić information content (AvgIpc) is 2.64. The number of ether oxygens (including phenoxy) is 1. The molecule has 0 radical (unpaired) electrons. The van der Waals surface area contributed by atoms with E-state index in [1.54, 1.807) is 4.90 Å². The molecular formula is C20H22BrNO3. The van der Waals surface area contributed by atoms with Crippen molar-refractivity contribution in [1.82, 2.24) is 4.90 Å². The number of aliphatic hydroxyl groups is 1. The van der Waals surface area contributed by atoms with Crippen molar-refractivity contribution >= 4 is 22.0 Å². The van der Waals surface area contributed by atoms with Gasteiger partial charge in [-0.2, -0.15) is 0 Å². The standard InChI is InChI=1S/C20H22BrNO3/c1-14(15-7-9-18(21)10-8-15)22-13-17(11-12-23)19(25-20(22)24)16-5-3-2-4-6-16/h2-10,14,17,19,23H,11-13H2,1H3/t14-,17+,19-/m0/s1. The molecule has 3 rings (SSSR count). The Morgan fingerprint density at radius 3 is 2.52 bits per heavy atom. The number of carbonyl (C=O) groups excluding carboxylic acids is 1. The van der Waals surface area contributed by atoms with Crippen LogP contribution >= 0.6 is 15.9 Å². The molecule has 1 fully saturated rings. The Balaban J connectivity index is 1.81. The Morgan fingerprint density at radius 2 is 1.88 bits per heavy atom. The molecule has 1 aliphatic rings. The van der Waals surface area contributed by atoms with Gasteiger partial charge in [-0.15, -0.1) is 0 Å². The summed E-state index contributed by atoms with van der Waals surface area (Å²) < 4.78 is 6.79. The van der Waals surface area contributed by atoms with Crippen molar-refractivity contribution < 1.29 is 14.6 Å². The number of amides is 1.